The van der Waals surface area contributed by atoms with Gasteiger partial charge in [0.05, 0.1) is 0 Å². The Bertz CT molecular complexity index is 250. The zero-order chi connectivity index (χ0) is 8.27. The lowest BCUT2D eigenvalue weighted by atomic mass is 10.1. The third-order valence-corrected chi connectivity index (χ3v) is 1.65. The summed E-state index contributed by atoms with van der Waals surface area (Å²) in [4.78, 5) is 0. The topological polar surface area (TPSA) is 32.3 Å². The van der Waals surface area contributed by atoms with Crippen molar-refractivity contribution in [2.75, 3.05) is 0 Å². The summed E-state index contributed by atoms with van der Waals surface area (Å²) in [7, 11) is 0. The van der Waals surface area contributed by atoms with E-state index in [1.165, 1.54) is 6.07 Å². The van der Waals surface area contributed by atoms with E-state index in [4.69, 9.17) is 5.21 Å². The van der Waals surface area contributed by atoms with E-state index in [1.54, 1.807) is 19.1 Å². The largest absolute Gasteiger partial charge is 0.316 e. The van der Waals surface area contributed by atoms with Crippen molar-refractivity contribution in [1.82, 2.24) is 5.48 Å². The van der Waals surface area contributed by atoms with Crippen LogP contribution in [0.2, 0.25) is 0 Å². The predicted molar refractivity (Wildman–Crippen MR) is 39.8 cm³/mol. The second kappa shape index (κ2) is 3.46. The lowest BCUT2D eigenvalue weighted by Crippen LogP contribution is -2.07. The lowest BCUT2D eigenvalue weighted by Gasteiger charge is -2.03. The summed E-state index contributed by atoms with van der Waals surface area (Å²) in [5.74, 6) is -0.238. The Balaban J connectivity index is 2.96. The van der Waals surface area contributed by atoms with Crippen molar-refractivity contribution in [2.45, 2.75) is 13.5 Å². The molecule has 0 saturated heterocycles. The maximum absolute atomic E-state index is 12.8. The summed E-state index contributed by atoms with van der Waals surface area (Å²) in [5, 5.41) is 8.36. The highest BCUT2D eigenvalue weighted by Gasteiger charge is 2.00. The fourth-order valence-electron chi connectivity index (χ4n) is 0.929. The van der Waals surface area contributed by atoms with Gasteiger partial charge >= 0.3 is 0 Å². The molecule has 0 aliphatic rings. The second-order valence-electron chi connectivity index (χ2n) is 2.36. The smallest absolute Gasteiger partial charge is 0.126 e. The molecule has 1 aromatic rings. The Hall–Kier alpha value is -0.930. The fourth-order valence-corrected chi connectivity index (χ4v) is 0.929. The third kappa shape index (κ3) is 1.76. The van der Waals surface area contributed by atoms with Gasteiger partial charge in [0.1, 0.15) is 5.82 Å². The molecule has 60 valence electrons. The maximum atomic E-state index is 12.8. The van der Waals surface area contributed by atoms with Gasteiger partial charge in [0.2, 0.25) is 0 Å². The van der Waals surface area contributed by atoms with Gasteiger partial charge in [0.25, 0.3) is 0 Å². The minimum Gasteiger partial charge on any atom is -0.316 e. The van der Waals surface area contributed by atoms with Crippen molar-refractivity contribution >= 4 is 0 Å². The average Bonchev–Trinajstić information content (AvgIpc) is 1.99. The Kier molecular flexibility index (Phi) is 2.57. The minimum atomic E-state index is -0.238. The minimum absolute atomic E-state index is 0.238. The van der Waals surface area contributed by atoms with Crippen LogP contribution in [0.3, 0.4) is 0 Å². The van der Waals surface area contributed by atoms with Gasteiger partial charge in [0, 0.05) is 6.54 Å². The maximum Gasteiger partial charge on any atom is 0.126 e. The quantitative estimate of drug-likeness (QED) is 0.636. The van der Waals surface area contributed by atoms with Crippen LogP contribution in [0.5, 0.6) is 0 Å². The highest BCUT2D eigenvalue weighted by atomic mass is 19.1. The molecule has 0 radical (unpaired) electrons. The summed E-state index contributed by atoms with van der Waals surface area (Å²) in [5.41, 5.74) is 3.33. The van der Waals surface area contributed by atoms with Crippen molar-refractivity contribution in [1.29, 1.82) is 0 Å². The molecular formula is C8H10FNO. The fraction of sp³-hybridized carbons (Fsp3) is 0.250. The van der Waals surface area contributed by atoms with E-state index in [2.05, 4.69) is 0 Å². The van der Waals surface area contributed by atoms with Gasteiger partial charge in [-0.2, -0.15) is 0 Å². The number of hydroxylamine groups is 1. The van der Waals surface area contributed by atoms with Crippen LogP contribution in [0.25, 0.3) is 0 Å². The highest BCUT2D eigenvalue weighted by molar-refractivity contribution is 5.26. The molecule has 0 aromatic heterocycles. The molecule has 0 atom stereocenters. The van der Waals surface area contributed by atoms with Gasteiger partial charge < -0.3 is 5.21 Å². The zero-order valence-corrected chi connectivity index (χ0v) is 6.26. The first-order chi connectivity index (χ1) is 5.25. The molecule has 2 nitrogen and oxygen atoms in total. The van der Waals surface area contributed by atoms with E-state index < -0.39 is 0 Å². The molecular weight excluding hydrogens is 145 g/mol. The van der Waals surface area contributed by atoms with E-state index in [1.807, 2.05) is 5.48 Å². The highest BCUT2D eigenvalue weighted by Crippen LogP contribution is 2.10. The lowest BCUT2D eigenvalue weighted by molar-refractivity contribution is 0.161. The third-order valence-electron chi connectivity index (χ3n) is 1.65. The van der Waals surface area contributed by atoms with Gasteiger partial charge in [0.15, 0.2) is 0 Å². The molecule has 2 N–H and O–H groups in total. The molecule has 0 saturated carbocycles. The van der Waals surface area contributed by atoms with Crippen LogP contribution < -0.4 is 5.48 Å². The Labute approximate surface area is 64.6 Å². The average molecular weight is 155 g/mol. The standard InChI is InChI=1S/C8H10FNO/c1-6-7(5-10-11)3-2-4-8(6)9/h2-4,10-11H,5H2,1H3. The number of halogens is 1. The summed E-state index contributed by atoms with van der Waals surface area (Å²) in [6.07, 6.45) is 0. The van der Waals surface area contributed by atoms with Gasteiger partial charge in [-0.05, 0) is 24.1 Å². The van der Waals surface area contributed by atoms with Gasteiger partial charge in [-0.1, -0.05) is 12.1 Å². The van der Waals surface area contributed by atoms with Crippen molar-refractivity contribution in [2.24, 2.45) is 0 Å². The molecule has 0 fully saturated rings. The van der Waals surface area contributed by atoms with Gasteiger partial charge in [-0.3, -0.25) is 0 Å². The van der Waals surface area contributed by atoms with Gasteiger partial charge in [-0.15, -0.1) is 0 Å². The molecule has 0 aliphatic carbocycles. The van der Waals surface area contributed by atoms with Crippen LogP contribution in [0.1, 0.15) is 11.1 Å². The van der Waals surface area contributed by atoms with E-state index in [0.29, 0.717) is 5.56 Å². The zero-order valence-electron chi connectivity index (χ0n) is 6.26. The second-order valence-corrected chi connectivity index (χ2v) is 2.36. The Morgan fingerprint density at radius 2 is 2.27 bits per heavy atom. The van der Waals surface area contributed by atoms with Crippen LogP contribution in [-0.4, -0.2) is 5.21 Å². The number of benzene rings is 1. The predicted octanol–water partition coefficient (Wildman–Crippen LogP) is 1.61. The van der Waals surface area contributed by atoms with E-state index in [-0.39, 0.29) is 12.4 Å². The number of rotatable bonds is 2. The van der Waals surface area contributed by atoms with Gasteiger partial charge in [-0.25, -0.2) is 9.87 Å². The van der Waals surface area contributed by atoms with Crippen molar-refractivity contribution in [3.63, 3.8) is 0 Å². The normalized spacial score (nSPS) is 10.1. The summed E-state index contributed by atoms with van der Waals surface area (Å²) < 4.78 is 12.8. The first-order valence-corrected chi connectivity index (χ1v) is 3.36. The molecule has 1 rings (SSSR count). The Morgan fingerprint density at radius 1 is 1.55 bits per heavy atom. The van der Waals surface area contributed by atoms with E-state index in [0.717, 1.165) is 5.56 Å². The Morgan fingerprint density at radius 3 is 2.91 bits per heavy atom. The SMILES string of the molecule is Cc1c(F)cccc1CNO. The van der Waals surface area contributed by atoms with Crippen molar-refractivity contribution < 1.29 is 9.60 Å². The molecule has 3 heteroatoms. The van der Waals surface area contributed by atoms with E-state index >= 15 is 0 Å². The number of hydrogen-bond acceptors (Lipinski definition) is 2. The molecule has 0 spiro atoms. The summed E-state index contributed by atoms with van der Waals surface area (Å²) in [6.45, 7) is 1.96. The molecule has 11 heavy (non-hydrogen) atoms. The van der Waals surface area contributed by atoms with Crippen LogP contribution in [0.4, 0.5) is 4.39 Å². The molecule has 0 unspecified atom stereocenters. The number of nitrogens with one attached hydrogen (secondary N) is 1. The first-order valence-electron chi connectivity index (χ1n) is 3.36. The summed E-state index contributed by atoms with van der Waals surface area (Å²) >= 11 is 0. The molecule has 0 heterocycles. The van der Waals surface area contributed by atoms with Crippen LogP contribution >= 0.6 is 0 Å². The van der Waals surface area contributed by atoms with Crippen LogP contribution in [0.15, 0.2) is 18.2 Å². The van der Waals surface area contributed by atoms with Crippen LogP contribution in [-0.2, 0) is 6.54 Å². The molecule has 1 aromatic carbocycles. The van der Waals surface area contributed by atoms with Crippen molar-refractivity contribution in [3.05, 3.63) is 35.1 Å². The van der Waals surface area contributed by atoms with Crippen molar-refractivity contribution in [3.8, 4) is 0 Å². The monoisotopic (exact) mass is 155 g/mol. The molecule has 0 aliphatic heterocycles. The summed E-state index contributed by atoms with van der Waals surface area (Å²) in [6, 6.07) is 4.78. The van der Waals surface area contributed by atoms with E-state index in [9.17, 15) is 4.39 Å². The number of hydrogen-bond donors (Lipinski definition) is 2. The first kappa shape index (κ1) is 8.17. The van der Waals surface area contributed by atoms with Crippen LogP contribution in [0, 0.1) is 12.7 Å². The molecule has 0 amide bonds. The molecule has 0 bridgehead atoms.